The number of hydrogen-bond donors (Lipinski definition) is 0. The van der Waals surface area contributed by atoms with Gasteiger partial charge in [-0.2, -0.15) is 0 Å². The summed E-state index contributed by atoms with van der Waals surface area (Å²) in [6.07, 6.45) is 0.692. The van der Waals surface area contributed by atoms with Gasteiger partial charge in [-0.05, 0) is 25.6 Å². The van der Waals surface area contributed by atoms with E-state index in [1.807, 2.05) is 37.4 Å². The van der Waals surface area contributed by atoms with Crippen LogP contribution in [0.2, 0.25) is 5.15 Å². The van der Waals surface area contributed by atoms with Crippen LogP contribution in [0.15, 0.2) is 30.3 Å². The molecule has 0 spiro atoms. The minimum atomic E-state index is -2.87. The second-order valence-electron chi connectivity index (χ2n) is 5.60. The van der Waals surface area contributed by atoms with E-state index < -0.39 is 9.84 Å². The Kier molecular flexibility index (Phi) is 3.90. The summed E-state index contributed by atoms with van der Waals surface area (Å²) in [5.74, 6) is 0.522. The molecule has 0 radical (unpaired) electrons. The maximum atomic E-state index is 11.6. The minimum absolute atomic E-state index is 0.0672. The third kappa shape index (κ3) is 3.20. The zero-order valence-electron chi connectivity index (χ0n) is 11.8. The largest absolute Gasteiger partial charge is 0.298 e. The highest BCUT2D eigenvalue weighted by atomic mass is 35.5. The Morgan fingerprint density at radius 1 is 1.38 bits per heavy atom. The number of hydrogen-bond acceptors (Lipinski definition) is 4. The zero-order chi connectivity index (χ0) is 15.0. The summed E-state index contributed by atoms with van der Waals surface area (Å²) >= 11 is 6.25. The lowest BCUT2D eigenvalue weighted by Crippen LogP contribution is -2.32. The Balaban J connectivity index is 1.83. The molecule has 3 rings (SSSR count). The lowest BCUT2D eigenvalue weighted by Gasteiger charge is -2.23. The number of benzene rings is 1. The summed E-state index contributed by atoms with van der Waals surface area (Å²) in [6.45, 7) is 0.608. The van der Waals surface area contributed by atoms with Crippen LogP contribution in [0.4, 0.5) is 0 Å². The number of aromatic nitrogens is 1. The van der Waals surface area contributed by atoms with Crippen molar-refractivity contribution in [1.29, 1.82) is 0 Å². The molecule has 1 aliphatic heterocycles. The smallest absolute Gasteiger partial charge is 0.151 e. The predicted molar refractivity (Wildman–Crippen MR) is 85.3 cm³/mol. The molecule has 1 fully saturated rings. The summed E-state index contributed by atoms with van der Waals surface area (Å²) in [4.78, 5) is 6.46. The minimum Gasteiger partial charge on any atom is -0.298 e. The van der Waals surface area contributed by atoms with Crippen molar-refractivity contribution in [2.24, 2.45) is 0 Å². The molecule has 112 valence electrons. The average molecular weight is 325 g/mol. The number of sulfone groups is 1. The van der Waals surface area contributed by atoms with E-state index in [4.69, 9.17) is 11.6 Å². The van der Waals surface area contributed by atoms with Crippen molar-refractivity contribution in [3.63, 3.8) is 0 Å². The maximum absolute atomic E-state index is 11.6. The van der Waals surface area contributed by atoms with E-state index in [-0.39, 0.29) is 17.5 Å². The van der Waals surface area contributed by atoms with Crippen molar-refractivity contribution in [2.75, 3.05) is 18.6 Å². The third-order valence-corrected chi connectivity index (χ3v) is 6.08. The van der Waals surface area contributed by atoms with Crippen LogP contribution >= 0.6 is 11.6 Å². The van der Waals surface area contributed by atoms with Gasteiger partial charge < -0.3 is 0 Å². The van der Waals surface area contributed by atoms with Gasteiger partial charge in [-0.25, -0.2) is 13.4 Å². The Labute approximate surface area is 129 Å². The van der Waals surface area contributed by atoms with E-state index >= 15 is 0 Å². The van der Waals surface area contributed by atoms with Crippen molar-refractivity contribution in [1.82, 2.24) is 9.88 Å². The predicted octanol–water partition coefficient (Wildman–Crippen LogP) is 2.51. The molecule has 0 aliphatic carbocycles. The standard InChI is InChI=1S/C15H17ClN2O2S/c1-18(13-6-7-21(19,20)10-13)9-12-8-11-4-2-3-5-14(11)17-15(12)16/h2-5,8,13H,6-7,9-10H2,1H3. The molecule has 1 aromatic heterocycles. The van der Waals surface area contributed by atoms with Crippen LogP contribution in [0, 0.1) is 0 Å². The first-order chi connectivity index (χ1) is 9.94. The molecule has 0 saturated carbocycles. The van der Waals surface area contributed by atoms with E-state index in [9.17, 15) is 8.42 Å². The van der Waals surface area contributed by atoms with Crippen LogP contribution in [0.25, 0.3) is 10.9 Å². The monoisotopic (exact) mass is 324 g/mol. The van der Waals surface area contributed by atoms with Crippen molar-refractivity contribution >= 4 is 32.3 Å². The molecule has 1 aromatic carbocycles. The number of pyridine rings is 1. The summed E-state index contributed by atoms with van der Waals surface area (Å²) in [5.41, 5.74) is 1.81. The summed E-state index contributed by atoms with van der Waals surface area (Å²) in [6, 6.07) is 9.93. The number of halogens is 1. The fraction of sp³-hybridized carbons (Fsp3) is 0.400. The molecule has 1 saturated heterocycles. The first kappa shape index (κ1) is 14.8. The Hall–Kier alpha value is -1.17. The normalized spacial score (nSPS) is 21.2. The average Bonchev–Trinajstić information content (AvgIpc) is 2.80. The van der Waals surface area contributed by atoms with Crippen molar-refractivity contribution in [3.8, 4) is 0 Å². The van der Waals surface area contributed by atoms with Gasteiger partial charge in [0.05, 0.1) is 17.0 Å². The highest BCUT2D eigenvalue weighted by Gasteiger charge is 2.30. The summed E-state index contributed by atoms with van der Waals surface area (Å²) < 4.78 is 23.1. The molecule has 1 aliphatic rings. The van der Waals surface area contributed by atoms with Crippen LogP contribution in [0.1, 0.15) is 12.0 Å². The highest BCUT2D eigenvalue weighted by molar-refractivity contribution is 7.91. The first-order valence-electron chi connectivity index (χ1n) is 6.89. The summed E-state index contributed by atoms with van der Waals surface area (Å²) in [5, 5.41) is 1.53. The number of nitrogens with zero attached hydrogens (tertiary/aromatic N) is 2. The van der Waals surface area contributed by atoms with Gasteiger partial charge in [-0.3, -0.25) is 4.90 Å². The molecular weight excluding hydrogens is 308 g/mol. The van der Waals surface area contributed by atoms with E-state index in [0.29, 0.717) is 18.1 Å². The van der Waals surface area contributed by atoms with E-state index in [0.717, 1.165) is 16.5 Å². The van der Waals surface area contributed by atoms with Crippen molar-refractivity contribution < 1.29 is 8.42 Å². The molecular formula is C15H17ClN2O2S. The fourth-order valence-corrected chi connectivity index (χ4v) is 4.78. The van der Waals surface area contributed by atoms with Gasteiger partial charge in [-0.1, -0.05) is 29.8 Å². The van der Waals surface area contributed by atoms with Crippen LogP contribution in [-0.2, 0) is 16.4 Å². The Morgan fingerprint density at radius 3 is 2.86 bits per heavy atom. The molecule has 6 heteroatoms. The van der Waals surface area contributed by atoms with Gasteiger partial charge in [0.25, 0.3) is 0 Å². The molecule has 21 heavy (non-hydrogen) atoms. The molecule has 2 heterocycles. The lowest BCUT2D eigenvalue weighted by atomic mass is 10.1. The number of rotatable bonds is 3. The molecule has 1 unspecified atom stereocenters. The van der Waals surface area contributed by atoms with Gasteiger partial charge in [0.2, 0.25) is 0 Å². The van der Waals surface area contributed by atoms with E-state index in [1.54, 1.807) is 0 Å². The second kappa shape index (κ2) is 5.55. The molecule has 2 aromatic rings. The molecule has 0 amide bonds. The third-order valence-electron chi connectivity index (χ3n) is 4.00. The maximum Gasteiger partial charge on any atom is 0.151 e. The Bertz CT molecular complexity index is 776. The van der Waals surface area contributed by atoms with Crippen LogP contribution in [-0.4, -0.2) is 42.9 Å². The summed E-state index contributed by atoms with van der Waals surface area (Å²) in [7, 11) is -0.926. The first-order valence-corrected chi connectivity index (χ1v) is 9.09. The second-order valence-corrected chi connectivity index (χ2v) is 8.19. The van der Waals surface area contributed by atoms with Gasteiger partial charge in [0, 0.05) is 23.5 Å². The van der Waals surface area contributed by atoms with E-state index in [1.165, 1.54) is 0 Å². The van der Waals surface area contributed by atoms with Gasteiger partial charge >= 0.3 is 0 Å². The quantitative estimate of drug-likeness (QED) is 0.814. The lowest BCUT2D eigenvalue weighted by molar-refractivity contribution is 0.254. The van der Waals surface area contributed by atoms with Crippen molar-refractivity contribution in [3.05, 3.63) is 41.0 Å². The molecule has 0 bridgehead atoms. The topological polar surface area (TPSA) is 50.3 Å². The van der Waals surface area contributed by atoms with Crippen LogP contribution in [0.3, 0.4) is 0 Å². The van der Waals surface area contributed by atoms with Gasteiger partial charge in [-0.15, -0.1) is 0 Å². The molecule has 1 atom stereocenters. The SMILES string of the molecule is CN(Cc1cc2ccccc2nc1Cl)C1CCS(=O)(=O)C1. The van der Waals surface area contributed by atoms with Crippen LogP contribution < -0.4 is 0 Å². The zero-order valence-corrected chi connectivity index (χ0v) is 13.4. The number of para-hydroxylation sites is 1. The fourth-order valence-electron chi connectivity index (χ4n) is 2.77. The Morgan fingerprint density at radius 2 is 2.14 bits per heavy atom. The van der Waals surface area contributed by atoms with Gasteiger partial charge in [0.1, 0.15) is 5.15 Å². The highest BCUT2D eigenvalue weighted by Crippen LogP contribution is 2.24. The van der Waals surface area contributed by atoms with Crippen LogP contribution in [0.5, 0.6) is 0 Å². The molecule has 0 N–H and O–H groups in total. The van der Waals surface area contributed by atoms with E-state index in [2.05, 4.69) is 9.88 Å². The van der Waals surface area contributed by atoms with Crippen molar-refractivity contribution in [2.45, 2.75) is 19.0 Å². The van der Waals surface area contributed by atoms with Gasteiger partial charge in [0.15, 0.2) is 9.84 Å². The molecule has 4 nitrogen and oxygen atoms in total. The number of fused-ring (bicyclic) bond motifs is 1.